The molecule has 4 heteroatoms. The van der Waals surface area contributed by atoms with Gasteiger partial charge in [0.25, 0.3) is 0 Å². The molecule has 0 radical (unpaired) electrons. The normalized spacial score (nSPS) is 10.6. The van der Waals surface area contributed by atoms with Crippen molar-refractivity contribution in [3.8, 4) is 0 Å². The molecule has 0 aromatic heterocycles. The van der Waals surface area contributed by atoms with Gasteiger partial charge in [0, 0.05) is 0 Å². The van der Waals surface area contributed by atoms with Gasteiger partial charge in [0.05, 0.1) is 17.2 Å². The molecule has 0 unspecified atom stereocenters. The molecule has 0 bridgehead atoms. The van der Waals surface area contributed by atoms with Crippen LogP contribution in [0, 0.1) is 11.7 Å². The zero-order valence-corrected chi connectivity index (χ0v) is 10.8. The molecular weight excluding hydrogens is 243 g/mol. The minimum absolute atomic E-state index is 0.0679. The quantitative estimate of drug-likeness (QED) is 0.588. The van der Waals surface area contributed by atoms with Gasteiger partial charge in [0.1, 0.15) is 0 Å². The van der Waals surface area contributed by atoms with E-state index >= 15 is 0 Å². The largest absolute Gasteiger partial charge is 0.462 e. The molecule has 0 saturated carbocycles. The van der Waals surface area contributed by atoms with E-state index in [1.807, 2.05) is 0 Å². The Bertz CT molecular complexity index is 391. The van der Waals surface area contributed by atoms with Gasteiger partial charge in [-0.1, -0.05) is 31.5 Å². The van der Waals surface area contributed by atoms with E-state index in [2.05, 4.69) is 13.8 Å². The van der Waals surface area contributed by atoms with Crippen molar-refractivity contribution >= 4 is 17.6 Å². The van der Waals surface area contributed by atoms with Crippen LogP contribution in [0.2, 0.25) is 5.02 Å². The lowest BCUT2D eigenvalue weighted by molar-refractivity contribution is 0.0489. The van der Waals surface area contributed by atoms with Gasteiger partial charge in [0.2, 0.25) is 0 Å². The van der Waals surface area contributed by atoms with E-state index in [0.717, 1.165) is 12.8 Å². The van der Waals surface area contributed by atoms with Crippen molar-refractivity contribution in [3.05, 3.63) is 34.6 Å². The van der Waals surface area contributed by atoms with Crippen LogP contribution in [0.3, 0.4) is 0 Å². The van der Waals surface area contributed by atoms with E-state index in [4.69, 9.17) is 16.3 Å². The summed E-state index contributed by atoms with van der Waals surface area (Å²) in [6, 6.07) is 4.29. The molecule has 1 aromatic carbocycles. The van der Waals surface area contributed by atoms with E-state index in [1.54, 1.807) is 0 Å². The number of rotatable bonds is 5. The summed E-state index contributed by atoms with van der Waals surface area (Å²) in [5.74, 6) is -0.812. The zero-order chi connectivity index (χ0) is 12.8. The van der Waals surface area contributed by atoms with Gasteiger partial charge >= 0.3 is 5.97 Å². The monoisotopic (exact) mass is 258 g/mol. The molecule has 0 aliphatic carbocycles. The Kier molecular flexibility index (Phi) is 5.42. The predicted octanol–water partition coefficient (Wildman–Crippen LogP) is 4.07. The fourth-order valence-corrected chi connectivity index (χ4v) is 1.57. The molecule has 1 aromatic rings. The Balaban J connectivity index is 2.50. The third-order valence-electron chi connectivity index (χ3n) is 2.33. The Labute approximate surface area is 106 Å². The first kappa shape index (κ1) is 14.0. The Morgan fingerprint density at radius 1 is 1.47 bits per heavy atom. The summed E-state index contributed by atoms with van der Waals surface area (Å²) in [5, 5.41) is -0.0679. The maximum atomic E-state index is 13.5. The number of hydrogen-bond donors (Lipinski definition) is 0. The van der Waals surface area contributed by atoms with Crippen LogP contribution in [0.25, 0.3) is 0 Å². The molecule has 17 heavy (non-hydrogen) atoms. The first-order valence-electron chi connectivity index (χ1n) is 5.63. The summed E-state index contributed by atoms with van der Waals surface area (Å²) in [5.41, 5.74) is -0.109. The molecule has 0 N–H and O–H groups in total. The molecular formula is C13H16ClFO2. The highest BCUT2D eigenvalue weighted by Crippen LogP contribution is 2.18. The topological polar surface area (TPSA) is 26.3 Å². The van der Waals surface area contributed by atoms with Crippen molar-refractivity contribution in [2.45, 2.75) is 26.7 Å². The fraction of sp³-hybridized carbons (Fsp3) is 0.462. The number of benzene rings is 1. The lowest BCUT2D eigenvalue weighted by Gasteiger charge is -2.07. The van der Waals surface area contributed by atoms with E-state index in [9.17, 15) is 9.18 Å². The SMILES string of the molecule is CC(C)CCCOC(=O)c1cccc(Cl)c1F. The third kappa shape index (κ3) is 4.35. The molecule has 1 rings (SSSR count). The maximum Gasteiger partial charge on any atom is 0.341 e. The number of esters is 1. The summed E-state index contributed by atoms with van der Waals surface area (Å²) < 4.78 is 18.4. The highest BCUT2D eigenvalue weighted by Gasteiger charge is 2.15. The molecule has 0 aliphatic rings. The smallest absolute Gasteiger partial charge is 0.341 e. The highest BCUT2D eigenvalue weighted by molar-refractivity contribution is 6.31. The van der Waals surface area contributed by atoms with E-state index in [-0.39, 0.29) is 10.6 Å². The van der Waals surface area contributed by atoms with Crippen molar-refractivity contribution in [1.29, 1.82) is 0 Å². The van der Waals surface area contributed by atoms with Gasteiger partial charge in [-0.05, 0) is 30.9 Å². The molecule has 94 valence electrons. The van der Waals surface area contributed by atoms with Crippen LogP contribution in [-0.2, 0) is 4.74 Å². The molecule has 0 amide bonds. The van der Waals surface area contributed by atoms with Crippen molar-refractivity contribution < 1.29 is 13.9 Å². The van der Waals surface area contributed by atoms with Crippen LogP contribution < -0.4 is 0 Å². The molecule has 2 nitrogen and oxygen atoms in total. The van der Waals surface area contributed by atoms with Crippen molar-refractivity contribution in [1.82, 2.24) is 0 Å². The Morgan fingerprint density at radius 3 is 2.82 bits per heavy atom. The van der Waals surface area contributed by atoms with Crippen LogP contribution in [0.4, 0.5) is 4.39 Å². The maximum absolute atomic E-state index is 13.5. The fourth-order valence-electron chi connectivity index (χ4n) is 1.40. The molecule has 0 saturated heterocycles. The Hall–Kier alpha value is -1.09. The van der Waals surface area contributed by atoms with Crippen LogP contribution in [0.1, 0.15) is 37.0 Å². The number of carbonyl (C=O) groups excluding carboxylic acids is 1. The summed E-state index contributed by atoms with van der Waals surface area (Å²) in [6.45, 7) is 4.50. The molecule has 0 atom stereocenters. The van der Waals surface area contributed by atoms with Crippen LogP contribution in [0.15, 0.2) is 18.2 Å². The average molecular weight is 259 g/mol. The standard InChI is InChI=1S/C13H16ClFO2/c1-9(2)5-4-8-17-13(16)10-6-3-7-11(14)12(10)15/h3,6-7,9H,4-5,8H2,1-2H3. The van der Waals surface area contributed by atoms with Gasteiger partial charge in [-0.3, -0.25) is 0 Å². The first-order chi connectivity index (χ1) is 8.02. The number of halogens is 2. The van der Waals surface area contributed by atoms with Crippen LogP contribution in [-0.4, -0.2) is 12.6 Å². The summed E-state index contributed by atoms with van der Waals surface area (Å²) in [7, 11) is 0. The van der Waals surface area contributed by atoms with Crippen molar-refractivity contribution in [3.63, 3.8) is 0 Å². The van der Waals surface area contributed by atoms with E-state index in [0.29, 0.717) is 12.5 Å². The summed E-state index contributed by atoms with van der Waals surface area (Å²) >= 11 is 5.58. The lowest BCUT2D eigenvalue weighted by Crippen LogP contribution is -2.09. The van der Waals surface area contributed by atoms with Crippen LogP contribution in [0.5, 0.6) is 0 Å². The number of carbonyl (C=O) groups is 1. The molecule has 0 aliphatic heterocycles. The van der Waals surface area contributed by atoms with E-state index < -0.39 is 11.8 Å². The van der Waals surface area contributed by atoms with Gasteiger partial charge in [0.15, 0.2) is 5.82 Å². The second-order valence-electron chi connectivity index (χ2n) is 4.27. The van der Waals surface area contributed by atoms with Gasteiger partial charge in [-0.2, -0.15) is 0 Å². The first-order valence-corrected chi connectivity index (χ1v) is 6.01. The van der Waals surface area contributed by atoms with Gasteiger partial charge in [-0.25, -0.2) is 9.18 Å². The minimum Gasteiger partial charge on any atom is -0.462 e. The second-order valence-corrected chi connectivity index (χ2v) is 4.68. The summed E-state index contributed by atoms with van der Waals surface area (Å²) in [4.78, 5) is 11.5. The second kappa shape index (κ2) is 6.60. The number of ether oxygens (including phenoxy) is 1. The molecule has 0 fully saturated rings. The van der Waals surface area contributed by atoms with Crippen molar-refractivity contribution in [2.75, 3.05) is 6.61 Å². The van der Waals surface area contributed by atoms with Gasteiger partial charge < -0.3 is 4.74 Å². The third-order valence-corrected chi connectivity index (χ3v) is 2.62. The predicted molar refractivity (Wildman–Crippen MR) is 65.8 cm³/mol. The lowest BCUT2D eigenvalue weighted by atomic mass is 10.1. The summed E-state index contributed by atoms with van der Waals surface area (Å²) in [6.07, 6.45) is 1.76. The zero-order valence-electron chi connectivity index (χ0n) is 10.0. The van der Waals surface area contributed by atoms with Crippen LogP contribution >= 0.6 is 11.6 Å². The number of hydrogen-bond acceptors (Lipinski definition) is 2. The highest BCUT2D eigenvalue weighted by atomic mass is 35.5. The van der Waals surface area contributed by atoms with Gasteiger partial charge in [-0.15, -0.1) is 0 Å². The van der Waals surface area contributed by atoms with Crippen molar-refractivity contribution in [2.24, 2.45) is 5.92 Å². The minimum atomic E-state index is -0.719. The molecule has 0 spiro atoms. The van der Waals surface area contributed by atoms with E-state index in [1.165, 1.54) is 18.2 Å². The average Bonchev–Trinajstić information content (AvgIpc) is 2.27. The Morgan fingerprint density at radius 2 is 2.18 bits per heavy atom. The molecule has 0 heterocycles.